The lowest BCUT2D eigenvalue weighted by Crippen LogP contribution is -2.47. The van der Waals surface area contributed by atoms with Crippen LogP contribution in [-0.2, 0) is 22.6 Å². The zero-order valence-electron chi connectivity index (χ0n) is 22.6. The first-order chi connectivity index (χ1) is 19.9. The monoisotopic (exact) mass is 553 g/mol. The van der Waals surface area contributed by atoms with E-state index in [2.05, 4.69) is 22.8 Å². The van der Waals surface area contributed by atoms with E-state index in [-0.39, 0.29) is 31.4 Å². The van der Waals surface area contributed by atoms with E-state index >= 15 is 0 Å². The third-order valence-electron chi connectivity index (χ3n) is 7.03. The Morgan fingerprint density at radius 2 is 1.54 bits per heavy atom. The Balaban J connectivity index is 1.11. The van der Waals surface area contributed by atoms with Crippen LogP contribution in [0.2, 0.25) is 0 Å². The van der Waals surface area contributed by atoms with E-state index in [1.54, 1.807) is 13.1 Å². The largest absolute Gasteiger partial charge is 0.480 e. The van der Waals surface area contributed by atoms with E-state index in [9.17, 15) is 19.5 Å². The van der Waals surface area contributed by atoms with Gasteiger partial charge in [0.05, 0.1) is 6.54 Å². The van der Waals surface area contributed by atoms with Crippen molar-refractivity contribution in [2.75, 3.05) is 20.2 Å². The number of rotatable bonds is 11. The molecule has 210 valence electrons. The molecule has 0 bridgehead atoms. The Labute approximate surface area is 237 Å². The van der Waals surface area contributed by atoms with Gasteiger partial charge in [-0.1, -0.05) is 78.9 Å². The van der Waals surface area contributed by atoms with Crippen molar-refractivity contribution < 1.29 is 28.6 Å². The number of amides is 2. The molecule has 1 heterocycles. The van der Waals surface area contributed by atoms with Gasteiger partial charge >= 0.3 is 12.1 Å². The Bertz CT molecular complexity index is 1490. The van der Waals surface area contributed by atoms with Crippen molar-refractivity contribution in [2.24, 2.45) is 0 Å². The number of ether oxygens (including phenoxy) is 1. The molecular weight excluding hydrogens is 522 g/mol. The molecule has 2 amide bonds. The quantitative estimate of drug-likeness (QED) is 0.248. The molecule has 3 aromatic carbocycles. The Hall–Kier alpha value is -4.89. The Kier molecular flexibility index (Phi) is 8.45. The molecule has 3 N–H and O–H groups in total. The first-order valence-corrected chi connectivity index (χ1v) is 13.3. The second-order valence-electron chi connectivity index (χ2n) is 9.99. The van der Waals surface area contributed by atoms with E-state index in [1.807, 2.05) is 71.6 Å². The van der Waals surface area contributed by atoms with E-state index in [0.29, 0.717) is 12.3 Å². The van der Waals surface area contributed by atoms with Crippen molar-refractivity contribution in [1.29, 1.82) is 0 Å². The summed E-state index contributed by atoms with van der Waals surface area (Å²) in [6.45, 7) is 0.826. The average Bonchev–Trinajstić information content (AvgIpc) is 3.58. The van der Waals surface area contributed by atoms with Gasteiger partial charge in [0.2, 0.25) is 0 Å². The van der Waals surface area contributed by atoms with Crippen LogP contribution in [0, 0.1) is 0 Å². The summed E-state index contributed by atoms with van der Waals surface area (Å²) >= 11 is 0. The third kappa shape index (κ3) is 6.64. The molecule has 0 saturated carbocycles. The molecule has 0 aliphatic heterocycles. The minimum Gasteiger partial charge on any atom is -0.480 e. The summed E-state index contributed by atoms with van der Waals surface area (Å²) in [7, 11) is 1.79. The number of alkyl carbamates (subject to hydrolysis) is 1. The normalized spacial score (nSPS) is 12.8. The second kappa shape index (κ2) is 12.5. The molecule has 0 radical (unpaired) electrons. The maximum absolute atomic E-state index is 12.7. The number of furan rings is 1. The highest BCUT2D eigenvalue weighted by molar-refractivity contribution is 5.94. The van der Waals surface area contributed by atoms with Gasteiger partial charge in [-0.15, -0.1) is 0 Å². The third-order valence-corrected chi connectivity index (χ3v) is 7.03. The number of carboxylic acids is 1. The van der Waals surface area contributed by atoms with Crippen LogP contribution in [0.4, 0.5) is 4.79 Å². The van der Waals surface area contributed by atoms with Crippen molar-refractivity contribution in [3.05, 3.63) is 119 Å². The van der Waals surface area contributed by atoms with E-state index in [0.717, 1.165) is 27.8 Å². The molecule has 9 nitrogen and oxygen atoms in total. The van der Waals surface area contributed by atoms with Gasteiger partial charge in [0, 0.05) is 19.0 Å². The first kappa shape index (κ1) is 27.7. The molecule has 9 heteroatoms. The van der Waals surface area contributed by atoms with Crippen LogP contribution < -0.4 is 10.6 Å². The van der Waals surface area contributed by atoms with Gasteiger partial charge in [-0.05, 0) is 47.0 Å². The minimum atomic E-state index is -1.15. The molecule has 1 aliphatic rings. The van der Waals surface area contributed by atoms with Crippen LogP contribution in [0.5, 0.6) is 0 Å². The lowest BCUT2D eigenvalue weighted by Gasteiger charge is -2.22. The van der Waals surface area contributed by atoms with Gasteiger partial charge < -0.3 is 24.9 Å². The molecule has 0 fully saturated rings. The van der Waals surface area contributed by atoms with Gasteiger partial charge in [-0.25, -0.2) is 9.59 Å². The number of likely N-dealkylation sites (N-methyl/N-ethyl adjacent to an activating group) is 1. The Morgan fingerprint density at radius 1 is 0.902 bits per heavy atom. The highest BCUT2D eigenvalue weighted by Crippen LogP contribution is 2.44. The number of hydrogen-bond acceptors (Lipinski definition) is 6. The number of benzene rings is 3. The topological polar surface area (TPSA) is 121 Å². The maximum Gasteiger partial charge on any atom is 0.407 e. The highest BCUT2D eigenvalue weighted by Gasteiger charge is 2.29. The van der Waals surface area contributed by atoms with Crippen LogP contribution in [0.25, 0.3) is 11.1 Å². The minimum absolute atomic E-state index is 0.00608. The van der Waals surface area contributed by atoms with Crippen LogP contribution >= 0.6 is 0 Å². The van der Waals surface area contributed by atoms with Crippen LogP contribution in [-0.4, -0.2) is 54.2 Å². The molecule has 1 aromatic heterocycles. The predicted molar refractivity (Wildman–Crippen MR) is 152 cm³/mol. The van der Waals surface area contributed by atoms with Crippen molar-refractivity contribution in [3.63, 3.8) is 0 Å². The van der Waals surface area contributed by atoms with E-state index in [4.69, 9.17) is 9.15 Å². The molecule has 0 spiro atoms. The fraction of sp³-hybridized carbons (Fsp3) is 0.219. The summed E-state index contributed by atoms with van der Waals surface area (Å²) in [6.07, 6.45) is -0.610. The number of carbonyl (C=O) groups excluding carboxylic acids is 2. The second-order valence-corrected chi connectivity index (χ2v) is 9.99. The van der Waals surface area contributed by atoms with Gasteiger partial charge in [0.15, 0.2) is 5.76 Å². The number of carboxylic acid groups (broad SMARTS) is 1. The zero-order chi connectivity index (χ0) is 28.8. The van der Waals surface area contributed by atoms with Gasteiger partial charge in [0.1, 0.15) is 18.4 Å². The van der Waals surface area contributed by atoms with Crippen LogP contribution in [0.15, 0.2) is 95.4 Å². The Morgan fingerprint density at radius 3 is 2.20 bits per heavy atom. The SMILES string of the molecule is CN(Cc1ccccc1)CC(NC(=O)c1ccc(CNC(=O)OCC2c3ccccc3-c3ccccc32)o1)C(=O)O. The summed E-state index contributed by atoms with van der Waals surface area (Å²) in [6, 6.07) is 27.7. The van der Waals surface area contributed by atoms with Crippen molar-refractivity contribution in [3.8, 4) is 11.1 Å². The molecule has 1 aliphatic carbocycles. The van der Waals surface area contributed by atoms with Gasteiger partial charge in [-0.3, -0.25) is 9.69 Å². The number of hydrogen-bond donors (Lipinski definition) is 3. The maximum atomic E-state index is 12.7. The molecule has 4 aromatic rings. The van der Waals surface area contributed by atoms with Crippen molar-refractivity contribution in [2.45, 2.75) is 25.0 Å². The summed E-state index contributed by atoms with van der Waals surface area (Å²) in [5.41, 5.74) is 5.56. The zero-order valence-corrected chi connectivity index (χ0v) is 22.6. The number of nitrogens with zero attached hydrogens (tertiary/aromatic N) is 1. The lowest BCUT2D eigenvalue weighted by molar-refractivity contribution is -0.139. The summed E-state index contributed by atoms with van der Waals surface area (Å²) < 4.78 is 11.1. The number of aliphatic carboxylic acids is 1. The summed E-state index contributed by atoms with van der Waals surface area (Å²) in [4.78, 5) is 38.8. The molecular formula is C32H31N3O6. The lowest BCUT2D eigenvalue weighted by atomic mass is 9.98. The predicted octanol–water partition coefficient (Wildman–Crippen LogP) is 4.63. The first-order valence-electron chi connectivity index (χ1n) is 13.3. The van der Waals surface area contributed by atoms with Gasteiger partial charge in [-0.2, -0.15) is 0 Å². The van der Waals surface area contributed by atoms with Crippen molar-refractivity contribution >= 4 is 18.0 Å². The fourth-order valence-electron chi connectivity index (χ4n) is 5.09. The molecule has 41 heavy (non-hydrogen) atoms. The molecule has 1 unspecified atom stereocenters. The highest BCUT2D eigenvalue weighted by atomic mass is 16.5. The smallest absolute Gasteiger partial charge is 0.407 e. The molecule has 5 rings (SSSR count). The van der Waals surface area contributed by atoms with E-state index < -0.39 is 24.0 Å². The van der Waals surface area contributed by atoms with Crippen molar-refractivity contribution in [1.82, 2.24) is 15.5 Å². The summed E-state index contributed by atoms with van der Waals surface area (Å²) in [5, 5.41) is 14.8. The number of fused-ring (bicyclic) bond motifs is 3. The fourth-order valence-corrected chi connectivity index (χ4v) is 5.09. The number of nitrogens with one attached hydrogen (secondary N) is 2. The molecule has 0 saturated heterocycles. The number of carbonyl (C=O) groups is 3. The van der Waals surface area contributed by atoms with Gasteiger partial charge in [0.25, 0.3) is 5.91 Å². The average molecular weight is 554 g/mol. The summed E-state index contributed by atoms with van der Waals surface area (Å²) in [5.74, 6) is -1.58. The molecule has 1 atom stereocenters. The standard InChI is InChI=1S/C32H31N3O6/c1-35(18-21-9-3-2-4-10-21)19-28(31(37)38)34-30(36)29-16-15-22(41-29)17-33-32(39)40-20-27-25-13-7-5-11-23(25)24-12-6-8-14-26(24)27/h2-16,27-28H,17-20H2,1H3,(H,33,39)(H,34,36)(H,37,38). The van der Waals surface area contributed by atoms with Crippen LogP contribution in [0.3, 0.4) is 0 Å². The van der Waals surface area contributed by atoms with Crippen LogP contribution in [0.1, 0.15) is 38.9 Å². The van der Waals surface area contributed by atoms with E-state index in [1.165, 1.54) is 6.07 Å².